The number of thiophene rings is 1. The summed E-state index contributed by atoms with van der Waals surface area (Å²) in [5.41, 5.74) is 2.09. The molecular weight excluding hydrogens is 324 g/mol. The summed E-state index contributed by atoms with van der Waals surface area (Å²) < 4.78 is 2.89. The molecule has 0 aliphatic heterocycles. The van der Waals surface area contributed by atoms with Crippen LogP contribution in [0.15, 0.2) is 52.8 Å². The minimum Gasteiger partial charge on any atom is -0.380 e. The molecule has 0 unspecified atom stereocenters. The van der Waals surface area contributed by atoms with Crippen LogP contribution in [-0.4, -0.2) is 14.8 Å². The highest BCUT2D eigenvalue weighted by Crippen LogP contribution is 2.23. The molecule has 0 fully saturated rings. The molecule has 0 aliphatic carbocycles. The molecular formula is C13H11BrN4S. The van der Waals surface area contributed by atoms with E-state index in [1.807, 2.05) is 24.3 Å². The summed E-state index contributed by atoms with van der Waals surface area (Å²) in [7, 11) is 0. The Kier molecular flexibility index (Phi) is 3.61. The van der Waals surface area contributed by atoms with Gasteiger partial charge in [0.2, 0.25) is 0 Å². The summed E-state index contributed by atoms with van der Waals surface area (Å²) in [6, 6.07) is 10.2. The first kappa shape index (κ1) is 12.4. The van der Waals surface area contributed by atoms with E-state index in [0.717, 1.165) is 22.4 Å². The van der Waals surface area contributed by atoms with Gasteiger partial charge < -0.3 is 5.32 Å². The maximum atomic E-state index is 4.09. The van der Waals surface area contributed by atoms with Crippen molar-refractivity contribution < 1.29 is 0 Å². The molecule has 0 saturated heterocycles. The molecule has 1 N–H and O–H groups in total. The number of nitrogens with one attached hydrogen (secondary N) is 1. The molecule has 3 aromatic rings. The van der Waals surface area contributed by atoms with Crippen LogP contribution < -0.4 is 5.32 Å². The third-order valence-corrected chi connectivity index (χ3v) is 4.62. The lowest BCUT2D eigenvalue weighted by Gasteiger charge is -2.06. The van der Waals surface area contributed by atoms with Crippen LogP contribution in [0.5, 0.6) is 0 Å². The number of nitrogens with zero attached hydrogens (tertiary/aromatic N) is 3. The second kappa shape index (κ2) is 5.54. The van der Waals surface area contributed by atoms with Crippen molar-refractivity contribution in [1.82, 2.24) is 14.8 Å². The molecule has 2 aromatic heterocycles. The number of rotatable bonds is 4. The first-order valence-electron chi connectivity index (χ1n) is 5.74. The monoisotopic (exact) mass is 334 g/mol. The fourth-order valence-corrected chi connectivity index (χ4v) is 3.14. The molecule has 3 rings (SSSR count). The van der Waals surface area contributed by atoms with Crippen molar-refractivity contribution in [3.05, 3.63) is 57.7 Å². The van der Waals surface area contributed by atoms with Crippen molar-refractivity contribution in [3.8, 4) is 5.69 Å². The number of aromatic nitrogens is 3. The predicted octanol–water partition coefficient (Wildman–Crippen LogP) is 3.70. The van der Waals surface area contributed by atoms with Gasteiger partial charge in [-0.05, 0) is 51.6 Å². The Bertz CT molecular complexity index is 646. The number of hydrogen-bond donors (Lipinski definition) is 1. The zero-order valence-corrected chi connectivity index (χ0v) is 12.4. The van der Waals surface area contributed by atoms with E-state index in [1.165, 1.54) is 11.2 Å². The van der Waals surface area contributed by atoms with Gasteiger partial charge in [-0.1, -0.05) is 0 Å². The second-order valence-corrected chi connectivity index (χ2v) is 5.79. The SMILES string of the molecule is Brc1ccsc1CNc1ccc(-n2cncn2)cc1. The van der Waals surface area contributed by atoms with Crippen molar-refractivity contribution in [2.45, 2.75) is 6.54 Å². The lowest BCUT2D eigenvalue weighted by molar-refractivity contribution is 0.879. The summed E-state index contributed by atoms with van der Waals surface area (Å²) in [5, 5.41) is 9.57. The molecule has 4 nitrogen and oxygen atoms in total. The Hall–Kier alpha value is -1.66. The summed E-state index contributed by atoms with van der Waals surface area (Å²) in [5.74, 6) is 0. The zero-order chi connectivity index (χ0) is 13.1. The highest BCUT2D eigenvalue weighted by atomic mass is 79.9. The summed E-state index contributed by atoms with van der Waals surface area (Å²) >= 11 is 5.27. The van der Waals surface area contributed by atoms with Crippen molar-refractivity contribution in [1.29, 1.82) is 0 Å². The lowest BCUT2D eigenvalue weighted by Crippen LogP contribution is -1.99. The molecule has 6 heteroatoms. The van der Waals surface area contributed by atoms with Crippen molar-refractivity contribution in [2.24, 2.45) is 0 Å². The lowest BCUT2D eigenvalue weighted by atomic mass is 10.3. The number of hydrogen-bond acceptors (Lipinski definition) is 4. The minimum atomic E-state index is 0.820. The van der Waals surface area contributed by atoms with Gasteiger partial charge in [0.25, 0.3) is 0 Å². The third kappa shape index (κ3) is 2.85. The Balaban J connectivity index is 1.68. The van der Waals surface area contributed by atoms with Gasteiger partial charge in [0, 0.05) is 15.0 Å². The van der Waals surface area contributed by atoms with E-state index in [9.17, 15) is 0 Å². The molecule has 0 spiro atoms. The first-order valence-corrected chi connectivity index (χ1v) is 7.41. The molecule has 0 radical (unpaired) electrons. The molecule has 19 heavy (non-hydrogen) atoms. The largest absolute Gasteiger partial charge is 0.380 e. The molecule has 0 atom stereocenters. The fraction of sp³-hybridized carbons (Fsp3) is 0.0769. The number of benzene rings is 1. The first-order chi connectivity index (χ1) is 9.33. The van der Waals surface area contributed by atoms with Crippen LogP contribution in [0.25, 0.3) is 5.69 Å². The van der Waals surface area contributed by atoms with E-state index >= 15 is 0 Å². The van der Waals surface area contributed by atoms with Gasteiger partial charge in [0.1, 0.15) is 12.7 Å². The maximum Gasteiger partial charge on any atom is 0.138 e. The quantitative estimate of drug-likeness (QED) is 0.790. The Labute approximate surface area is 123 Å². The average molecular weight is 335 g/mol. The van der Waals surface area contributed by atoms with Crippen LogP contribution in [0.3, 0.4) is 0 Å². The number of anilines is 1. The molecule has 2 heterocycles. The van der Waals surface area contributed by atoms with Gasteiger partial charge in [0.15, 0.2) is 0 Å². The molecule has 0 aliphatic rings. The van der Waals surface area contributed by atoms with E-state index < -0.39 is 0 Å². The maximum absolute atomic E-state index is 4.09. The predicted molar refractivity (Wildman–Crippen MR) is 80.7 cm³/mol. The van der Waals surface area contributed by atoms with Crippen molar-refractivity contribution in [3.63, 3.8) is 0 Å². The molecule has 0 amide bonds. The van der Waals surface area contributed by atoms with E-state index in [1.54, 1.807) is 22.3 Å². The van der Waals surface area contributed by atoms with Gasteiger partial charge in [-0.2, -0.15) is 5.10 Å². The normalized spacial score (nSPS) is 10.6. The van der Waals surface area contributed by atoms with Crippen molar-refractivity contribution in [2.75, 3.05) is 5.32 Å². The average Bonchev–Trinajstić information content (AvgIpc) is 3.09. The topological polar surface area (TPSA) is 42.7 Å². The number of halogens is 1. The van der Waals surface area contributed by atoms with Crippen LogP contribution in [0.4, 0.5) is 5.69 Å². The van der Waals surface area contributed by atoms with Crippen LogP contribution >= 0.6 is 27.3 Å². The van der Waals surface area contributed by atoms with E-state index in [0.29, 0.717) is 0 Å². The Morgan fingerprint density at radius 3 is 2.68 bits per heavy atom. The molecule has 0 bridgehead atoms. The van der Waals surface area contributed by atoms with Crippen molar-refractivity contribution >= 4 is 33.0 Å². The summed E-state index contributed by atoms with van der Waals surface area (Å²) in [6.45, 7) is 0.820. The third-order valence-electron chi connectivity index (χ3n) is 2.69. The fourth-order valence-electron chi connectivity index (χ4n) is 1.71. The smallest absolute Gasteiger partial charge is 0.138 e. The minimum absolute atomic E-state index is 0.820. The molecule has 96 valence electrons. The highest BCUT2D eigenvalue weighted by Gasteiger charge is 2.01. The molecule has 1 aromatic carbocycles. The molecule has 0 saturated carbocycles. The van der Waals surface area contributed by atoms with Crippen LogP contribution in [0, 0.1) is 0 Å². The Morgan fingerprint density at radius 1 is 1.21 bits per heavy atom. The highest BCUT2D eigenvalue weighted by molar-refractivity contribution is 9.10. The van der Waals surface area contributed by atoms with Gasteiger partial charge in [-0.3, -0.25) is 0 Å². The summed E-state index contributed by atoms with van der Waals surface area (Å²) in [4.78, 5) is 5.23. The second-order valence-electron chi connectivity index (χ2n) is 3.93. The van der Waals surface area contributed by atoms with Gasteiger partial charge in [0.05, 0.1) is 12.2 Å². The summed E-state index contributed by atoms with van der Waals surface area (Å²) in [6.07, 6.45) is 3.21. The van der Waals surface area contributed by atoms with E-state index in [4.69, 9.17) is 0 Å². The zero-order valence-electron chi connectivity index (χ0n) is 9.95. The standard InChI is InChI=1S/C13H11BrN4S/c14-12-5-6-19-13(12)7-16-10-1-3-11(4-2-10)18-9-15-8-17-18/h1-6,8-9,16H,7H2. The van der Waals surface area contributed by atoms with Gasteiger partial charge in [-0.15, -0.1) is 11.3 Å². The van der Waals surface area contributed by atoms with Gasteiger partial charge >= 0.3 is 0 Å². The Morgan fingerprint density at radius 2 is 2.05 bits per heavy atom. The van der Waals surface area contributed by atoms with Gasteiger partial charge in [-0.25, -0.2) is 9.67 Å². The van der Waals surface area contributed by atoms with E-state index in [2.05, 4.69) is 42.8 Å². The van der Waals surface area contributed by atoms with Crippen LogP contribution in [0.1, 0.15) is 4.88 Å². The van der Waals surface area contributed by atoms with Crippen LogP contribution in [-0.2, 0) is 6.54 Å². The van der Waals surface area contributed by atoms with Crippen LogP contribution in [0.2, 0.25) is 0 Å². The van der Waals surface area contributed by atoms with E-state index in [-0.39, 0.29) is 0 Å².